The fraction of sp³-hybridized carbons (Fsp3) is 0.417. The second-order valence-corrected chi connectivity index (χ2v) is 4.86. The van der Waals surface area contributed by atoms with Gasteiger partial charge in [0.25, 0.3) is 0 Å². The van der Waals surface area contributed by atoms with E-state index in [1.165, 1.54) is 12.8 Å². The van der Waals surface area contributed by atoms with Gasteiger partial charge in [-0.3, -0.25) is 4.68 Å². The van der Waals surface area contributed by atoms with Crippen LogP contribution < -0.4 is 0 Å². The van der Waals surface area contributed by atoms with E-state index >= 15 is 0 Å². The summed E-state index contributed by atoms with van der Waals surface area (Å²) < 4.78 is 1.93. The largest absolute Gasteiger partial charge is 0.252 e. The first-order chi connectivity index (χ1) is 8.31. The van der Waals surface area contributed by atoms with E-state index < -0.39 is 0 Å². The zero-order valence-electron chi connectivity index (χ0n) is 9.38. The summed E-state index contributed by atoms with van der Waals surface area (Å²) in [5.74, 6) is 0.812. The topological polar surface area (TPSA) is 43.6 Å². The van der Waals surface area contributed by atoms with Gasteiger partial charge in [0, 0.05) is 25.4 Å². The minimum absolute atomic E-state index is 0.546. The van der Waals surface area contributed by atoms with Gasteiger partial charge in [-0.2, -0.15) is 0 Å². The summed E-state index contributed by atoms with van der Waals surface area (Å²) in [6.07, 6.45) is 7.03. The third-order valence-electron chi connectivity index (χ3n) is 2.94. The summed E-state index contributed by atoms with van der Waals surface area (Å²) in [6, 6.07) is 3.85. The molecule has 1 saturated carbocycles. The van der Waals surface area contributed by atoms with Gasteiger partial charge in [0.1, 0.15) is 5.15 Å². The first kappa shape index (κ1) is 10.7. The maximum Gasteiger partial charge on any atom is 0.132 e. The van der Waals surface area contributed by atoms with E-state index in [1.54, 1.807) is 6.20 Å². The minimum atomic E-state index is 0.546. The van der Waals surface area contributed by atoms with Crippen LogP contribution in [-0.4, -0.2) is 20.0 Å². The van der Waals surface area contributed by atoms with E-state index in [1.807, 2.05) is 23.0 Å². The molecule has 2 aromatic heterocycles. The van der Waals surface area contributed by atoms with E-state index in [0.717, 1.165) is 23.7 Å². The van der Waals surface area contributed by atoms with Crippen molar-refractivity contribution in [2.24, 2.45) is 5.92 Å². The molecule has 2 aromatic rings. The molecule has 1 aliphatic carbocycles. The summed E-state index contributed by atoms with van der Waals surface area (Å²) >= 11 is 6.01. The highest BCUT2D eigenvalue weighted by Crippen LogP contribution is 2.30. The highest BCUT2D eigenvalue weighted by Gasteiger charge is 2.22. The zero-order chi connectivity index (χ0) is 11.7. The van der Waals surface area contributed by atoms with Crippen LogP contribution >= 0.6 is 11.6 Å². The number of rotatable bonds is 4. The molecule has 0 atom stereocenters. The predicted molar refractivity (Wildman–Crippen MR) is 64.8 cm³/mol. The van der Waals surface area contributed by atoms with E-state index in [9.17, 15) is 0 Å². The second-order valence-electron chi connectivity index (χ2n) is 4.51. The van der Waals surface area contributed by atoms with Crippen molar-refractivity contribution in [1.82, 2.24) is 20.0 Å². The standard InChI is InChI=1S/C12H13ClN4/c13-12-10(2-1-5-14-12)6-11-8-17(16-15-11)7-9-3-4-9/h1-2,5,8-9H,3-4,6-7H2. The zero-order valence-corrected chi connectivity index (χ0v) is 10.1. The lowest BCUT2D eigenvalue weighted by Crippen LogP contribution is -1.99. The monoisotopic (exact) mass is 248 g/mol. The van der Waals surface area contributed by atoms with E-state index in [0.29, 0.717) is 11.6 Å². The molecule has 1 aliphatic rings. The van der Waals surface area contributed by atoms with Crippen molar-refractivity contribution < 1.29 is 0 Å². The summed E-state index contributed by atoms with van der Waals surface area (Å²) in [4.78, 5) is 4.05. The molecule has 2 heterocycles. The van der Waals surface area contributed by atoms with E-state index in [4.69, 9.17) is 11.6 Å². The van der Waals surface area contributed by atoms with E-state index in [-0.39, 0.29) is 0 Å². The SMILES string of the molecule is Clc1ncccc1Cc1cn(CC2CC2)nn1. The number of pyridine rings is 1. The highest BCUT2D eigenvalue weighted by atomic mass is 35.5. The molecule has 88 valence electrons. The molecule has 1 fully saturated rings. The molecule has 0 aliphatic heterocycles. The molecule has 4 nitrogen and oxygen atoms in total. The van der Waals surface area contributed by atoms with Crippen LogP contribution in [0.1, 0.15) is 24.1 Å². The molecule has 0 spiro atoms. The van der Waals surface area contributed by atoms with Gasteiger partial charge in [-0.05, 0) is 30.4 Å². The molecular formula is C12H13ClN4. The van der Waals surface area contributed by atoms with E-state index in [2.05, 4.69) is 15.3 Å². The molecule has 0 radical (unpaired) electrons. The molecule has 0 aromatic carbocycles. The van der Waals surface area contributed by atoms with Gasteiger partial charge in [-0.25, -0.2) is 4.98 Å². The Labute approximate surface area is 105 Å². The average molecular weight is 249 g/mol. The Morgan fingerprint density at radius 1 is 1.41 bits per heavy atom. The number of halogens is 1. The lowest BCUT2D eigenvalue weighted by molar-refractivity contribution is 0.544. The summed E-state index contributed by atoms with van der Waals surface area (Å²) in [5.41, 5.74) is 1.94. The van der Waals surface area contributed by atoms with Crippen molar-refractivity contribution in [2.75, 3.05) is 0 Å². The van der Waals surface area contributed by atoms with Crippen molar-refractivity contribution in [2.45, 2.75) is 25.8 Å². The number of nitrogens with zero attached hydrogens (tertiary/aromatic N) is 4. The Morgan fingerprint density at radius 2 is 2.29 bits per heavy atom. The third-order valence-corrected chi connectivity index (χ3v) is 3.28. The molecule has 0 unspecified atom stereocenters. The molecule has 0 saturated heterocycles. The van der Waals surface area contributed by atoms with Crippen LogP contribution in [-0.2, 0) is 13.0 Å². The van der Waals surface area contributed by atoms with Crippen molar-refractivity contribution in [3.8, 4) is 0 Å². The van der Waals surface area contributed by atoms with Crippen LogP contribution in [0, 0.1) is 5.92 Å². The molecule has 17 heavy (non-hydrogen) atoms. The Kier molecular flexibility index (Phi) is 2.81. The fourth-order valence-electron chi connectivity index (χ4n) is 1.82. The van der Waals surface area contributed by atoms with Gasteiger partial charge in [-0.1, -0.05) is 22.9 Å². The van der Waals surface area contributed by atoms with Gasteiger partial charge in [0.2, 0.25) is 0 Å². The molecule has 0 N–H and O–H groups in total. The highest BCUT2D eigenvalue weighted by molar-refractivity contribution is 6.30. The minimum Gasteiger partial charge on any atom is -0.252 e. The number of hydrogen-bond acceptors (Lipinski definition) is 3. The smallest absolute Gasteiger partial charge is 0.132 e. The Hall–Kier alpha value is -1.42. The van der Waals surface area contributed by atoms with Gasteiger partial charge < -0.3 is 0 Å². The lowest BCUT2D eigenvalue weighted by atomic mass is 10.2. The van der Waals surface area contributed by atoms with Gasteiger partial charge in [0.15, 0.2) is 0 Å². The fourth-order valence-corrected chi connectivity index (χ4v) is 2.01. The molecule has 5 heteroatoms. The summed E-state index contributed by atoms with van der Waals surface area (Å²) in [5, 5.41) is 8.83. The normalized spacial score (nSPS) is 15.1. The quantitative estimate of drug-likeness (QED) is 0.780. The Morgan fingerprint density at radius 3 is 3.06 bits per heavy atom. The molecule has 0 amide bonds. The Bertz CT molecular complexity index is 519. The summed E-state index contributed by atoms with van der Waals surface area (Å²) in [7, 11) is 0. The maximum atomic E-state index is 6.01. The molecule has 0 bridgehead atoms. The molecule has 3 rings (SSSR count). The first-order valence-corrected chi connectivity index (χ1v) is 6.17. The van der Waals surface area contributed by atoms with Crippen LogP contribution in [0.25, 0.3) is 0 Å². The Balaban J connectivity index is 1.72. The van der Waals surface area contributed by atoms with Crippen LogP contribution in [0.3, 0.4) is 0 Å². The first-order valence-electron chi connectivity index (χ1n) is 5.79. The van der Waals surface area contributed by atoms with Gasteiger partial charge in [0.05, 0.1) is 5.69 Å². The van der Waals surface area contributed by atoms with Gasteiger partial charge in [-0.15, -0.1) is 5.10 Å². The van der Waals surface area contributed by atoms with Crippen molar-refractivity contribution in [1.29, 1.82) is 0 Å². The lowest BCUT2D eigenvalue weighted by Gasteiger charge is -1.99. The van der Waals surface area contributed by atoms with Crippen LogP contribution in [0.4, 0.5) is 0 Å². The van der Waals surface area contributed by atoms with Crippen molar-refractivity contribution in [3.05, 3.63) is 40.9 Å². The van der Waals surface area contributed by atoms with Crippen LogP contribution in [0.2, 0.25) is 5.15 Å². The number of hydrogen-bond donors (Lipinski definition) is 0. The second kappa shape index (κ2) is 4.45. The molecular weight excluding hydrogens is 236 g/mol. The predicted octanol–water partition coefficient (Wildman–Crippen LogP) is 2.33. The van der Waals surface area contributed by atoms with Crippen molar-refractivity contribution in [3.63, 3.8) is 0 Å². The number of aromatic nitrogens is 4. The third kappa shape index (κ3) is 2.64. The average Bonchev–Trinajstić information content (AvgIpc) is 3.02. The van der Waals surface area contributed by atoms with Crippen LogP contribution in [0.5, 0.6) is 0 Å². The van der Waals surface area contributed by atoms with Crippen LogP contribution in [0.15, 0.2) is 24.5 Å². The van der Waals surface area contributed by atoms with Crippen molar-refractivity contribution >= 4 is 11.6 Å². The maximum absolute atomic E-state index is 6.01. The van der Waals surface area contributed by atoms with Gasteiger partial charge >= 0.3 is 0 Å². The summed E-state index contributed by atoms with van der Waals surface area (Å²) in [6.45, 7) is 0.994.